The van der Waals surface area contributed by atoms with Crippen molar-refractivity contribution < 1.29 is 13.9 Å². The minimum absolute atomic E-state index is 0.0703. The van der Waals surface area contributed by atoms with Gasteiger partial charge in [-0.05, 0) is 62.1 Å². The number of carbonyl (C=O) groups excluding carboxylic acids is 1. The highest BCUT2D eigenvalue weighted by Gasteiger charge is 2.40. The second-order valence-electron chi connectivity index (χ2n) is 7.99. The van der Waals surface area contributed by atoms with E-state index in [2.05, 4.69) is 20.8 Å². The lowest BCUT2D eigenvalue weighted by Crippen LogP contribution is -2.53. The highest BCUT2D eigenvalue weighted by molar-refractivity contribution is 5.96. The summed E-state index contributed by atoms with van der Waals surface area (Å²) in [7, 11) is 1.64. The molecule has 1 aliphatic rings. The van der Waals surface area contributed by atoms with Gasteiger partial charge in [-0.25, -0.2) is 4.79 Å². The number of methoxy groups -OCH3 is 1. The van der Waals surface area contributed by atoms with Gasteiger partial charge in [-0.1, -0.05) is 19.1 Å². The number of fused-ring (bicyclic) bond motifs is 2. The molecule has 0 saturated heterocycles. The van der Waals surface area contributed by atoms with Crippen molar-refractivity contribution in [2.24, 2.45) is 0 Å². The lowest BCUT2D eigenvalue weighted by atomic mass is 9.80. The standard InChI is InChI=1S/C22H24N2O4/c1-14-12-22(2,3)24(17-10-9-15(27-4)11-16(14)17)20(25)13-23-18-7-5-6-8-19(18)28-21(23)26/h5-11,14H,12-13H2,1-4H3. The fourth-order valence-electron chi connectivity index (χ4n) is 4.38. The van der Waals surface area contributed by atoms with Gasteiger partial charge < -0.3 is 14.1 Å². The number of oxazole rings is 1. The van der Waals surface area contributed by atoms with Gasteiger partial charge in [-0.15, -0.1) is 0 Å². The van der Waals surface area contributed by atoms with Gasteiger partial charge in [-0.2, -0.15) is 0 Å². The smallest absolute Gasteiger partial charge is 0.420 e. The van der Waals surface area contributed by atoms with Crippen LogP contribution in [-0.4, -0.2) is 23.1 Å². The Morgan fingerprint density at radius 3 is 2.75 bits per heavy atom. The minimum atomic E-state index is -0.521. The van der Waals surface area contributed by atoms with Crippen LogP contribution in [0, 0.1) is 0 Å². The zero-order valence-electron chi connectivity index (χ0n) is 16.6. The third-order valence-electron chi connectivity index (χ3n) is 5.53. The molecular formula is C22H24N2O4. The van der Waals surface area contributed by atoms with Gasteiger partial charge in [0.25, 0.3) is 0 Å². The first-order valence-corrected chi connectivity index (χ1v) is 9.41. The number of hydrogen-bond acceptors (Lipinski definition) is 4. The lowest BCUT2D eigenvalue weighted by molar-refractivity contribution is -0.120. The van der Waals surface area contributed by atoms with E-state index < -0.39 is 5.76 Å². The molecule has 0 saturated carbocycles. The van der Waals surface area contributed by atoms with E-state index in [-0.39, 0.29) is 18.0 Å². The molecule has 1 unspecified atom stereocenters. The van der Waals surface area contributed by atoms with Gasteiger partial charge in [0.2, 0.25) is 5.91 Å². The van der Waals surface area contributed by atoms with Crippen LogP contribution in [0.25, 0.3) is 11.1 Å². The molecule has 0 radical (unpaired) electrons. The molecule has 28 heavy (non-hydrogen) atoms. The van der Waals surface area contributed by atoms with Crippen LogP contribution in [0.15, 0.2) is 51.7 Å². The predicted molar refractivity (Wildman–Crippen MR) is 108 cm³/mol. The van der Waals surface area contributed by atoms with Gasteiger partial charge in [0.05, 0.1) is 12.6 Å². The van der Waals surface area contributed by atoms with Crippen LogP contribution in [-0.2, 0) is 11.3 Å². The second kappa shape index (κ2) is 6.55. The number of ether oxygens (including phenoxy) is 1. The number of rotatable bonds is 3. The molecule has 2 heterocycles. The summed E-state index contributed by atoms with van der Waals surface area (Å²) < 4.78 is 12.0. The van der Waals surface area contributed by atoms with Gasteiger partial charge >= 0.3 is 5.76 Å². The van der Waals surface area contributed by atoms with Crippen molar-refractivity contribution in [3.63, 3.8) is 0 Å². The zero-order valence-corrected chi connectivity index (χ0v) is 16.6. The van der Waals surface area contributed by atoms with Crippen molar-refractivity contribution in [1.82, 2.24) is 4.57 Å². The van der Waals surface area contributed by atoms with E-state index in [4.69, 9.17) is 9.15 Å². The molecule has 0 aliphatic carbocycles. The maximum Gasteiger partial charge on any atom is 0.420 e. The van der Waals surface area contributed by atoms with Crippen molar-refractivity contribution in [1.29, 1.82) is 0 Å². The molecule has 0 fully saturated rings. The number of para-hydroxylation sites is 2. The maximum atomic E-state index is 13.4. The van der Waals surface area contributed by atoms with Crippen LogP contribution < -0.4 is 15.4 Å². The first-order chi connectivity index (χ1) is 13.3. The molecular weight excluding hydrogens is 356 g/mol. The molecule has 0 bridgehead atoms. The van der Waals surface area contributed by atoms with Crippen LogP contribution in [0.1, 0.15) is 38.7 Å². The van der Waals surface area contributed by atoms with Crippen LogP contribution in [0.3, 0.4) is 0 Å². The Hall–Kier alpha value is -3.02. The van der Waals surface area contributed by atoms with Crippen molar-refractivity contribution >= 4 is 22.7 Å². The molecule has 3 aromatic rings. The van der Waals surface area contributed by atoms with Crippen LogP contribution >= 0.6 is 0 Å². The Morgan fingerprint density at radius 1 is 1.25 bits per heavy atom. The van der Waals surface area contributed by atoms with E-state index in [1.807, 2.05) is 29.2 Å². The number of aromatic nitrogens is 1. The largest absolute Gasteiger partial charge is 0.497 e. The Labute approximate surface area is 163 Å². The van der Waals surface area contributed by atoms with Gasteiger partial charge in [0.15, 0.2) is 5.58 Å². The van der Waals surface area contributed by atoms with Gasteiger partial charge in [0.1, 0.15) is 12.3 Å². The van der Waals surface area contributed by atoms with Gasteiger partial charge in [-0.3, -0.25) is 9.36 Å². The van der Waals surface area contributed by atoms with E-state index in [1.165, 1.54) is 4.57 Å². The van der Waals surface area contributed by atoms with E-state index in [0.29, 0.717) is 17.0 Å². The number of carbonyl (C=O) groups is 1. The Balaban J connectivity index is 1.77. The normalized spacial score (nSPS) is 18.1. The Kier molecular flexibility index (Phi) is 4.29. The highest BCUT2D eigenvalue weighted by atomic mass is 16.5. The van der Waals surface area contributed by atoms with E-state index in [9.17, 15) is 9.59 Å². The SMILES string of the molecule is COc1ccc2c(c1)C(C)CC(C)(C)N2C(=O)Cn1c(=O)oc2ccccc21. The molecule has 2 aromatic carbocycles. The third-order valence-corrected chi connectivity index (χ3v) is 5.53. The molecule has 0 N–H and O–H groups in total. The second-order valence-corrected chi connectivity index (χ2v) is 7.99. The fraction of sp³-hybridized carbons (Fsp3) is 0.364. The fourth-order valence-corrected chi connectivity index (χ4v) is 4.38. The molecule has 1 aromatic heterocycles. The summed E-state index contributed by atoms with van der Waals surface area (Å²) in [6.45, 7) is 6.21. The molecule has 1 aliphatic heterocycles. The number of amides is 1. The van der Waals surface area contributed by atoms with Crippen molar-refractivity contribution in [2.75, 3.05) is 12.0 Å². The molecule has 6 nitrogen and oxygen atoms in total. The van der Waals surface area contributed by atoms with Crippen LogP contribution in [0.4, 0.5) is 5.69 Å². The van der Waals surface area contributed by atoms with Gasteiger partial charge in [0, 0.05) is 11.2 Å². The summed E-state index contributed by atoms with van der Waals surface area (Å²) in [6, 6.07) is 12.9. The monoisotopic (exact) mass is 380 g/mol. The summed E-state index contributed by atoms with van der Waals surface area (Å²) in [5.41, 5.74) is 2.68. The molecule has 4 rings (SSSR count). The summed E-state index contributed by atoms with van der Waals surface area (Å²) in [4.78, 5) is 27.5. The topological polar surface area (TPSA) is 64.7 Å². The minimum Gasteiger partial charge on any atom is -0.497 e. The summed E-state index contributed by atoms with van der Waals surface area (Å²) in [6.07, 6.45) is 0.819. The van der Waals surface area contributed by atoms with Crippen molar-refractivity contribution in [3.05, 3.63) is 58.6 Å². The summed E-state index contributed by atoms with van der Waals surface area (Å²) in [5, 5.41) is 0. The number of benzene rings is 2. The predicted octanol–water partition coefficient (Wildman–Crippen LogP) is 3.92. The molecule has 146 valence electrons. The lowest BCUT2D eigenvalue weighted by Gasteiger charge is -2.46. The molecule has 1 amide bonds. The quantitative estimate of drug-likeness (QED) is 0.691. The summed E-state index contributed by atoms with van der Waals surface area (Å²) >= 11 is 0. The number of nitrogens with zero attached hydrogens (tertiary/aromatic N) is 2. The average Bonchev–Trinajstić information content (AvgIpc) is 2.96. The van der Waals surface area contributed by atoms with E-state index >= 15 is 0 Å². The number of hydrogen-bond donors (Lipinski definition) is 0. The van der Waals surface area contributed by atoms with Crippen molar-refractivity contribution in [3.8, 4) is 5.75 Å². The van der Waals surface area contributed by atoms with Crippen LogP contribution in [0.5, 0.6) is 5.75 Å². The molecule has 0 spiro atoms. The first kappa shape index (κ1) is 18.3. The van der Waals surface area contributed by atoms with E-state index in [0.717, 1.165) is 23.4 Å². The Bertz CT molecular complexity index is 1110. The Morgan fingerprint density at radius 2 is 2.00 bits per heavy atom. The van der Waals surface area contributed by atoms with Crippen molar-refractivity contribution in [2.45, 2.75) is 45.2 Å². The highest BCUT2D eigenvalue weighted by Crippen LogP contribution is 2.44. The maximum absolute atomic E-state index is 13.4. The molecule has 1 atom stereocenters. The third kappa shape index (κ3) is 2.89. The summed E-state index contributed by atoms with van der Waals surface area (Å²) in [5.74, 6) is 0.404. The van der Waals surface area contributed by atoms with Crippen LogP contribution in [0.2, 0.25) is 0 Å². The first-order valence-electron chi connectivity index (χ1n) is 9.41. The molecule has 6 heteroatoms. The zero-order chi connectivity index (χ0) is 20.1. The van der Waals surface area contributed by atoms with E-state index in [1.54, 1.807) is 25.3 Å². The average molecular weight is 380 g/mol. The number of anilines is 1.